The maximum Gasteiger partial charge on any atom is 0.251 e. The van der Waals surface area contributed by atoms with Crippen LogP contribution in [0.4, 0.5) is 0 Å². The number of phenolic OH excluding ortho intramolecular Hbond substituents is 1. The standard InChI is InChI=1S/C12H14BrNO2/c1-8-6-9(2-3-10(8)15)11(16)14-12(7-13)4-5-12/h2-3,6,15H,4-5,7H2,1H3,(H,14,16). The van der Waals surface area contributed by atoms with Crippen LogP contribution in [0.5, 0.6) is 5.75 Å². The topological polar surface area (TPSA) is 49.3 Å². The summed E-state index contributed by atoms with van der Waals surface area (Å²) in [5.41, 5.74) is 1.28. The lowest BCUT2D eigenvalue weighted by Gasteiger charge is -2.14. The summed E-state index contributed by atoms with van der Waals surface area (Å²) in [6.45, 7) is 1.78. The lowest BCUT2D eigenvalue weighted by atomic mass is 10.1. The zero-order valence-corrected chi connectivity index (χ0v) is 10.7. The molecule has 0 saturated heterocycles. The average Bonchev–Trinajstić information content (AvgIpc) is 3.02. The summed E-state index contributed by atoms with van der Waals surface area (Å²) >= 11 is 3.41. The molecule has 1 saturated carbocycles. The molecule has 1 fully saturated rings. The molecule has 0 aliphatic heterocycles. The van der Waals surface area contributed by atoms with Crippen LogP contribution in [0.3, 0.4) is 0 Å². The molecule has 0 unspecified atom stereocenters. The van der Waals surface area contributed by atoms with Gasteiger partial charge in [-0.1, -0.05) is 15.9 Å². The molecule has 1 aliphatic rings. The minimum atomic E-state index is -0.0694. The Morgan fingerprint density at radius 1 is 1.56 bits per heavy atom. The fourth-order valence-electron chi connectivity index (χ4n) is 1.55. The van der Waals surface area contributed by atoms with Crippen LogP contribution < -0.4 is 5.32 Å². The van der Waals surface area contributed by atoms with Gasteiger partial charge in [-0.05, 0) is 43.5 Å². The zero-order chi connectivity index (χ0) is 11.8. The van der Waals surface area contributed by atoms with Gasteiger partial charge in [-0.25, -0.2) is 0 Å². The lowest BCUT2D eigenvalue weighted by molar-refractivity contribution is 0.0936. The van der Waals surface area contributed by atoms with Crippen molar-refractivity contribution in [3.8, 4) is 5.75 Å². The van der Waals surface area contributed by atoms with Gasteiger partial charge in [0.15, 0.2) is 0 Å². The predicted octanol–water partition coefficient (Wildman–Crippen LogP) is 2.36. The van der Waals surface area contributed by atoms with Crippen LogP contribution in [0, 0.1) is 6.92 Å². The Bertz CT molecular complexity index is 427. The molecule has 3 nitrogen and oxygen atoms in total. The van der Waals surface area contributed by atoms with Crippen LogP contribution >= 0.6 is 15.9 Å². The highest BCUT2D eigenvalue weighted by Crippen LogP contribution is 2.37. The maximum absolute atomic E-state index is 11.9. The second-order valence-corrected chi connectivity index (χ2v) is 4.93. The zero-order valence-electron chi connectivity index (χ0n) is 9.09. The first kappa shape index (κ1) is 11.5. The van der Waals surface area contributed by atoms with Crippen molar-refractivity contribution in [1.82, 2.24) is 5.32 Å². The summed E-state index contributed by atoms with van der Waals surface area (Å²) in [4.78, 5) is 11.9. The lowest BCUT2D eigenvalue weighted by Crippen LogP contribution is -2.38. The number of nitrogens with one attached hydrogen (secondary N) is 1. The highest BCUT2D eigenvalue weighted by atomic mass is 79.9. The van der Waals surface area contributed by atoms with Crippen molar-refractivity contribution >= 4 is 21.8 Å². The molecule has 0 aromatic heterocycles. The largest absolute Gasteiger partial charge is 0.508 e. The van der Waals surface area contributed by atoms with Crippen molar-refractivity contribution in [2.45, 2.75) is 25.3 Å². The third-order valence-corrected chi connectivity index (χ3v) is 4.02. The molecule has 1 aromatic carbocycles. The number of benzene rings is 1. The Labute approximate surface area is 103 Å². The number of phenols is 1. The van der Waals surface area contributed by atoms with Gasteiger partial charge in [-0.15, -0.1) is 0 Å². The van der Waals surface area contributed by atoms with Gasteiger partial charge in [-0.3, -0.25) is 4.79 Å². The number of hydrogen-bond acceptors (Lipinski definition) is 2. The molecule has 4 heteroatoms. The van der Waals surface area contributed by atoms with E-state index in [4.69, 9.17) is 0 Å². The Hall–Kier alpha value is -1.03. The van der Waals surface area contributed by atoms with Gasteiger partial charge in [-0.2, -0.15) is 0 Å². The predicted molar refractivity (Wildman–Crippen MR) is 66.1 cm³/mol. The van der Waals surface area contributed by atoms with Crippen LogP contribution in [-0.4, -0.2) is 21.9 Å². The molecule has 2 N–H and O–H groups in total. The molecule has 86 valence electrons. The first-order chi connectivity index (χ1) is 7.56. The van der Waals surface area contributed by atoms with Crippen LogP contribution in [0.2, 0.25) is 0 Å². The van der Waals surface area contributed by atoms with Crippen LogP contribution in [0.1, 0.15) is 28.8 Å². The highest BCUT2D eigenvalue weighted by molar-refractivity contribution is 9.09. The monoisotopic (exact) mass is 283 g/mol. The molecule has 1 amide bonds. The summed E-state index contributed by atoms with van der Waals surface area (Å²) in [6, 6.07) is 4.90. The Morgan fingerprint density at radius 3 is 2.75 bits per heavy atom. The molecule has 0 atom stereocenters. The van der Waals surface area contributed by atoms with Crippen LogP contribution in [-0.2, 0) is 0 Å². The Kier molecular flexibility index (Phi) is 2.93. The van der Waals surface area contributed by atoms with Gasteiger partial charge >= 0.3 is 0 Å². The third-order valence-electron chi connectivity index (χ3n) is 2.95. The van der Waals surface area contributed by atoms with E-state index in [1.165, 1.54) is 0 Å². The normalized spacial score (nSPS) is 16.9. The van der Waals surface area contributed by atoms with Gasteiger partial charge in [0, 0.05) is 10.9 Å². The van der Waals surface area contributed by atoms with Gasteiger partial charge < -0.3 is 10.4 Å². The van der Waals surface area contributed by atoms with Crippen molar-refractivity contribution in [3.05, 3.63) is 29.3 Å². The molecule has 1 aliphatic carbocycles. The SMILES string of the molecule is Cc1cc(C(=O)NC2(CBr)CC2)ccc1O. The van der Waals surface area contributed by atoms with E-state index < -0.39 is 0 Å². The summed E-state index contributed by atoms with van der Waals surface area (Å²) in [5.74, 6) is 0.151. The van der Waals surface area contributed by atoms with Crippen LogP contribution in [0.25, 0.3) is 0 Å². The van der Waals surface area contributed by atoms with E-state index in [1.54, 1.807) is 25.1 Å². The summed E-state index contributed by atoms with van der Waals surface area (Å²) in [7, 11) is 0. The van der Waals surface area contributed by atoms with Gasteiger partial charge in [0.25, 0.3) is 5.91 Å². The first-order valence-corrected chi connectivity index (χ1v) is 6.37. The summed E-state index contributed by atoms with van der Waals surface area (Å²) < 4.78 is 0. The molecule has 2 rings (SSSR count). The number of rotatable bonds is 3. The van der Waals surface area contributed by atoms with E-state index in [9.17, 15) is 9.90 Å². The summed E-state index contributed by atoms with van der Waals surface area (Å²) in [5, 5.41) is 13.2. The van der Waals surface area contributed by atoms with E-state index in [2.05, 4.69) is 21.2 Å². The van der Waals surface area contributed by atoms with Crippen molar-refractivity contribution in [3.63, 3.8) is 0 Å². The molecule has 1 aromatic rings. The van der Waals surface area contributed by atoms with Crippen molar-refractivity contribution in [1.29, 1.82) is 0 Å². The molecule has 0 heterocycles. The third kappa shape index (κ3) is 2.21. The molecule has 0 radical (unpaired) electrons. The molecule has 0 spiro atoms. The van der Waals surface area contributed by atoms with Crippen molar-refractivity contribution in [2.75, 3.05) is 5.33 Å². The van der Waals surface area contributed by atoms with Crippen molar-refractivity contribution in [2.24, 2.45) is 0 Å². The minimum absolute atomic E-state index is 0.0388. The van der Waals surface area contributed by atoms with E-state index in [1.807, 2.05) is 0 Å². The highest BCUT2D eigenvalue weighted by Gasteiger charge is 2.42. The van der Waals surface area contributed by atoms with Crippen LogP contribution in [0.15, 0.2) is 18.2 Å². The van der Waals surface area contributed by atoms with Gasteiger partial charge in [0.05, 0.1) is 5.54 Å². The van der Waals surface area contributed by atoms with E-state index in [-0.39, 0.29) is 17.2 Å². The number of hydrogen-bond donors (Lipinski definition) is 2. The number of alkyl halides is 1. The quantitative estimate of drug-likeness (QED) is 0.837. The number of carbonyl (C=O) groups is 1. The van der Waals surface area contributed by atoms with E-state index in [0.29, 0.717) is 5.56 Å². The minimum Gasteiger partial charge on any atom is -0.508 e. The fraction of sp³-hybridized carbons (Fsp3) is 0.417. The number of aromatic hydroxyl groups is 1. The number of aryl methyl sites for hydroxylation is 1. The maximum atomic E-state index is 11.9. The Balaban J connectivity index is 2.12. The first-order valence-electron chi connectivity index (χ1n) is 5.24. The fourth-order valence-corrected chi connectivity index (χ4v) is 2.25. The van der Waals surface area contributed by atoms with Gasteiger partial charge in [0.1, 0.15) is 5.75 Å². The number of amides is 1. The number of halogens is 1. The smallest absolute Gasteiger partial charge is 0.251 e. The molecule has 16 heavy (non-hydrogen) atoms. The second kappa shape index (κ2) is 4.09. The molecular formula is C12H14BrNO2. The number of carbonyl (C=O) groups excluding carboxylic acids is 1. The summed E-state index contributed by atoms with van der Waals surface area (Å²) in [6.07, 6.45) is 2.06. The molecule has 0 bridgehead atoms. The van der Waals surface area contributed by atoms with Gasteiger partial charge in [0.2, 0.25) is 0 Å². The van der Waals surface area contributed by atoms with E-state index >= 15 is 0 Å². The molecular weight excluding hydrogens is 270 g/mol. The average molecular weight is 284 g/mol. The van der Waals surface area contributed by atoms with Crippen molar-refractivity contribution < 1.29 is 9.90 Å². The second-order valence-electron chi connectivity index (χ2n) is 4.37. The van der Waals surface area contributed by atoms with E-state index in [0.717, 1.165) is 23.7 Å². The Morgan fingerprint density at radius 2 is 2.25 bits per heavy atom.